The van der Waals surface area contributed by atoms with E-state index in [2.05, 4.69) is 20.0 Å². The maximum absolute atomic E-state index is 11.9. The Hall–Kier alpha value is -1.99. The lowest BCUT2D eigenvalue weighted by Crippen LogP contribution is -2.13. The summed E-state index contributed by atoms with van der Waals surface area (Å²) in [6.07, 6.45) is 1.46. The molecule has 20 heavy (non-hydrogen) atoms. The van der Waals surface area contributed by atoms with E-state index >= 15 is 0 Å². The quantitative estimate of drug-likeness (QED) is 0.875. The largest absolute Gasteiger partial charge is 0.469 e. The van der Waals surface area contributed by atoms with Crippen LogP contribution >= 0.6 is 22.9 Å². The second-order valence-electron chi connectivity index (χ2n) is 3.71. The van der Waals surface area contributed by atoms with Crippen molar-refractivity contribution in [3.63, 3.8) is 0 Å². The van der Waals surface area contributed by atoms with Gasteiger partial charge in [-0.05, 0) is 12.1 Å². The van der Waals surface area contributed by atoms with Crippen molar-refractivity contribution in [3.05, 3.63) is 40.1 Å². The summed E-state index contributed by atoms with van der Waals surface area (Å²) in [6, 6.07) is 3.09. The predicted molar refractivity (Wildman–Crippen MR) is 75.0 cm³/mol. The molecule has 0 aliphatic heterocycles. The number of pyridine rings is 1. The minimum atomic E-state index is -0.388. The number of hydrogen-bond acceptors (Lipinski definition) is 6. The highest BCUT2D eigenvalue weighted by Gasteiger charge is 2.12. The first-order chi connectivity index (χ1) is 9.58. The van der Waals surface area contributed by atoms with E-state index in [1.807, 2.05) is 0 Å². The van der Waals surface area contributed by atoms with E-state index in [1.165, 1.54) is 30.7 Å². The van der Waals surface area contributed by atoms with Crippen molar-refractivity contribution in [1.29, 1.82) is 0 Å². The van der Waals surface area contributed by atoms with E-state index < -0.39 is 0 Å². The first-order valence-electron chi connectivity index (χ1n) is 5.52. The van der Waals surface area contributed by atoms with E-state index in [-0.39, 0.29) is 24.0 Å². The van der Waals surface area contributed by atoms with E-state index in [1.54, 1.807) is 11.4 Å². The molecule has 0 aromatic carbocycles. The fourth-order valence-corrected chi connectivity index (χ4v) is 2.15. The lowest BCUT2D eigenvalue weighted by atomic mass is 10.3. The van der Waals surface area contributed by atoms with Gasteiger partial charge in [0.05, 0.1) is 24.2 Å². The summed E-state index contributed by atoms with van der Waals surface area (Å²) in [5.41, 5.74) is 0.778. The second-order valence-corrected chi connectivity index (χ2v) is 5.01. The molecule has 2 rings (SSSR count). The number of ether oxygens (including phenoxy) is 1. The molecule has 0 saturated heterocycles. The van der Waals surface area contributed by atoms with Gasteiger partial charge in [-0.2, -0.15) is 0 Å². The summed E-state index contributed by atoms with van der Waals surface area (Å²) in [5.74, 6) is -0.770. The number of nitrogens with zero attached hydrogens (tertiary/aromatic N) is 2. The minimum Gasteiger partial charge on any atom is -0.469 e. The fourth-order valence-electron chi connectivity index (χ4n) is 1.34. The number of anilines is 1. The van der Waals surface area contributed by atoms with Crippen molar-refractivity contribution in [2.75, 3.05) is 12.4 Å². The third-order valence-corrected chi connectivity index (χ3v) is 3.32. The monoisotopic (exact) mass is 311 g/mol. The molecular formula is C12H10ClN3O3S. The van der Waals surface area contributed by atoms with E-state index in [0.29, 0.717) is 15.8 Å². The summed E-state index contributed by atoms with van der Waals surface area (Å²) >= 11 is 6.92. The number of carbonyl (C=O) groups is 2. The van der Waals surface area contributed by atoms with Crippen LogP contribution in [0.2, 0.25) is 5.02 Å². The first-order valence-corrected chi connectivity index (χ1v) is 6.78. The van der Waals surface area contributed by atoms with E-state index in [4.69, 9.17) is 11.6 Å². The van der Waals surface area contributed by atoms with Crippen LogP contribution in [-0.2, 0) is 16.0 Å². The molecule has 0 aliphatic carbocycles. The van der Waals surface area contributed by atoms with Crippen molar-refractivity contribution in [3.8, 4) is 0 Å². The number of hydrogen-bond donors (Lipinski definition) is 1. The molecule has 8 heteroatoms. The van der Waals surface area contributed by atoms with Gasteiger partial charge in [0.1, 0.15) is 5.69 Å². The molecule has 1 N–H and O–H groups in total. The number of amides is 1. The highest BCUT2D eigenvalue weighted by atomic mass is 35.5. The van der Waals surface area contributed by atoms with Crippen LogP contribution in [0.15, 0.2) is 23.7 Å². The molecule has 2 aromatic heterocycles. The maximum atomic E-state index is 11.9. The Bertz CT molecular complexity index is 627. The van der Waals surface area contributed by atoms with Gasteiger partial charge in [-0.15, -0.1) is 11.3 Å². The third kappa shape index (κ3) is 3.75. The highest BCUT2D eigenvalue weighted by Crippen LogP contribution is 2.17. The molecule has 0 unspecified atom stereocenters. The zero-order valence-electron chi connectivity index (χ0n) is 10.4. The number of rotatable bonds is 4. The molecule has 0 fully saturated rings. The Morgan fingerprint density at radius 1 is 1.45 bits per heavy atom. The zero-order valence-corrected chi connectivity index (χ0v) is 12.0. The van der Waals surface area contributed by atoms with Crippen molar-refractivity contribution in [2.24, 2.45) is 0 Å². The molecule has 6 nitrogen and oxygen atoms in total. The van der Waals surface area contributed by atoms with Crippen molar-refractivity contribution < 1.29 is 14.3 Å². The topological polar surface area (TPSA) is 81.2 Å². The van der Waals surface area contributed by atoms with E-state index in [0.717, 1.165) is 0 Å². The van der Waals surface area contributed by atoms with Crippen LogP contribution in [0.5, 0.6) is 0 Å². The summed E-state index contributed by atoms with van der Waals surface area (Å²) in [4.78, 5) is 31.0. The molecule has 1 amide bonds. The molecule has 104 valence electrons. The number of nitrogens with one attached hydrogen (secondary N) is 1. The Morgan fingerprint density at radius 2 is 2.25 bits per heavy atom. The van der Waals surface area contributed by atoms with Crippen LogP contribution in [0.4, 0.5) is 5.13 Å². The van der Waals surface area contributed by atoms with Gasteiger partial charge in [0, 0.05) is 11.6 Å². The Labute approximate surface area is 123 Å². The van der Waals surface area contributed by atoms with Gasteiger partial charge in [-0.25, -0.2) is 9.97 Å². The average Bonchev–Trinajstić information content (AvgIpc) is 2.86. The lowest BCUT2D eigenvalue weighted by molar-refractivity contribution is -0.139. The van der Waals surface area contributed by atoms with Gasteiger partial charge >= 0.3 is 5.97 Å². The smallest absolute Gasteiger partial charge is 0.311 e. The van der Waals surface area contributed by atoms with Crippen LogP contribution in [0.3, 0.4) is 0 Å². The van der Waals surface area contributed by atoms with Crippen LogP contribution < -0.4 is 5.32 Å². The van der Waals surface area contributed by atoms with Crippen molar-refractivity contribution >= 4 is 39.9 Å². The number of thiazole rings is 1. The Balaban J connectivity index is 2.01. The van der Waals surface area contributed by atoms with Gasteiger partial charge in [0.2, 0.25) is 0 Å². The highest BCUT2D eigenvalue weighted by molar-refractivity contribution is 7.14. The molecule has 2 heterocycles. The van der Waals surface area contributed by atoms with Crippen LogP contribution in [0.25, 0.3) is 0 Å². The third-order valence-electron chi connectivity index (χ3n) is 2.29. The van der Waals surface area contributed by atoms with Crippen LogP contribution in [0, 0.1) is 0 Å². The summed E-state index contributed by atoms with van der Waals surface area (Å²) in [6.45, 7) is 0. The maximum Gasteiger partial charge on any atom is 0.311 e. The predicted octanol–water partition coefficient (Wildman–Crippen LogP) is 2.16. The molecule has 0 spiro atoms. The van der Waals surface area contributed by atoms with Crippen LogP contribution in [-0.4, -0.2) is 29.0 Å². The Morgan fingerprint density at radius 3 is 2.90 bits per heavy atom. The Kier molecular flexibility index (Phi) is 4.65. The molecule has 0 aliphatic rings. The fraction of sp³-hybridized carbons (Fsp3) is 0.167. The second kappa shape index (κ2) is 6.44. The normalized spacial score (nSPS) is 10.1. The van der Waals surface area contributed by atoms with Crippen molar-refractivity contribution in [1.82, 2.24) is 9.97 Å². The SMILES string of the molecule is COC(=O)Cc1csc(NC(=O)c2ccc(Cl)cn2)n1. The number of esters is 1. The molecule has 0 saturated carbocycles. The van der Waals surface area contributed by atoms with Gasteiger partial charge in [-0.3, -0.25) is 14.9 Å². The molecule has 0 radical (unpaired) electrons. The number of methoxy groups -OCH3 is 1. The van der Waals surface area contributed by atoms with Gasteiger partial charge in [-0.1, -0.05) is 11.6 Å². The number of carbonyl (C=O) groups excluding carboxylic acids is 2. The molecule has 0 bridgehead atoms. The summed E-state index contributed by atoms with van der Waals surface area (Å²) < 4.78 is 4.54. The van der Waals surface area contributed by atoms with Crippen molar-refractivity contribution in [2.45, 2.75) is 6.42 Å². The molecule has 0 atom stereocenters. The number of aromatic nitrogens is 2. The number of halogens is 1. The molecular weight excluding hydrogens is 302 g/mol. The van der Waals surface area contributed by atoms with Gasteiger partial charge < -0.3 is 4.74 Å². The van der Waals surface area contributed by atoms with Crippen LogP contribution in [0.1, 0.15) is 16.2 Å². The average molecular weight is 312 g/mol. The van der Waals surface area contributed by atoms with Gasteiger partial charge in [0.25, 0.3) is 5.91 Å². The summed E-state index contributed by atoms with van der Waals surface area (Å²) in [5, 5.41) is 5.13. The standard InChI is InChI=1S/C12H10ClN3O3S/c1-19-10(17)4-8-6-20-12(15-8)16-11(18)9-3-2-7(13)5-14-9/h2-3,5-6H,4H2,1H3,(H,15,16,18). The zero-order chi connectivity index (χ0) is 14.5. The minimum absolute atomic E-state index is 0.0715. The van der Waals surface area contributed by atoms with Gasteiger partial charge in [0.15, 0.2) is 5.13 Å². The molecule has 2 aromatic rings. The lowest BCUT2D eigenvalue weighted by Gasteiger charge is -2.00. The van der Waals surface area contributed by atoms with E-state index in [9.17, 15) is 9.59 Å². The summed E-state index contributed by atoms with van der Waals surface area (Å²) in [7, 11) is 1.31. The first kappa shape index (κ1) is 14.4.